The number of nitrogens with one attached hydrogen (secondary N) is 1. The van der Waals surface area contributed by atoms with Crippen LogP contribution in [0.2, 0.25) is 0 Å². The topological polar surface area (TPSA) is 12.0 Å². The second kappa shape index (κ2) is 4.05. The molecule has 0 bridgehead atoms. The van der Waals surface area contributed by atoms with E-state index >= 15 is 0 Å². The summed E-state index contributed by atoms with van der Waals surface area (Å²) in [5.74, 6) is -0.821. The third-order valence-corrected chi connectivity index (χ3v) is 3.42. The molecule has 0 radical (unpaired) electrons. The number of fused-ring (bicyclic) bond motifs is 1. The Kier molecular flexibility index (Phi) is 2.98. The first kappa shape index (κ1) is 12.5. The van der Waals surface area contributed by atoms with Crippen LogP contribution in [0.3, 0.4) is 0 Å². The van der Waals surface area contributed by atoms with Crippen molar-refractivity contribution in [3.63, 3.8) is 0 Å². The molecule has 94 valence electrons. The van der Waals surface area contributed by atoms with Gasteiger partial charge in [0.25, 0.3) is 0 Å². The zero-order chi connectivity index (χ0) is 12.8. The second-order valence-electron chi connectivity index (χ2n) is 6.00. The van der Waals surface area contributed by atoms with Crippen molar-refractivity contribution in [3.05, 3.63) is 34.9 Å². The van der Waals surface area contributed by atoms with Crippen LogP contribution >= 0.6 is 0 Å². The van der Waals surface area contributed by atoms with Crippen LogP contribution in [0.5, 0.6) is 0 Å². The fourth-order valence-corrected chi connectivity index (χ4v) is 2.64. The van der Waals surface area contributed by atoms with Gasteiger partial charge in [0.15, 0.2) is 0 Å². The third kappa shape index (κ3) is 2.21. The van der Waals surface area contributed by atoms with Crippen molar-refractivity contribution in [1.29, 1.82) is 0 Å². The van der Waals surface area contributed by atoms with Gasteiger partial charge >= 0.3 is 0 Å². The molecule has 0 aliphatic carbocycles. The fraction of sp³-hybridized carbons (Fsp3) is 0.571. The van der Waals surface area contributed by atoms with E-state index in [0.717, 1.165) is 18.2 Å². The highest BCUT2D eigenvalue weighted by Crippen LogP contribution is 2.41. The Morgan fingerprint density at radius 3 is 2.47 bits per heavy atom. The summed E-state index contributed by atoms with van der Waals surface area (Å²) < 4.78 is 27.3. The van der Waals surface area contributed by atoms with Crippen LogP contribution < -0.4 is 5.32 Å². The van der Waals surface area contributed by atoms with Gasteiger partial charge in [-0.3, -0.25) is 0 Å². The van der Waals surface area contributed by atoms with Gasteiger partial charge in [-0.25, -0.2) is 8.78 Å². The molecule has 0 amide bonds. The van der Waals surface area contributed by atoms with E-state index in [1.807, 2.05) is 6.92 Å². The lowest BCUT2D eigenvalue weighted by Crippen LogP contribution is -2.39. The highest BCUT2D eigenvalue weighted by molar-refractivity contribution is 5.38. The molecule has 2 unspecified atom stereocenters. The molecule has 1 aromatic rings. The Morgan fingerprint density at radius 2 is 1.88 bits per heavy atom. The molecule has 1 aliphatic rings. The zero-order valence-corrected chi connectivity index (χ0v) is 10.8. The third-order valence-electron chi connectivity index (χ3n) is 3.42. The molecular formula is C14H19F2N. The minimum atomic E-state index is -0.494. The summed E-state index contributed by atoms with van der Waals surface area (Å²) >= 11 is 0. The summed E-state index contributed by atoms with van der Waals surface area (Å²) in [6, 6.07) is 2.45. The van der Waals surface area contributed by atoms with Gasteiger partial charge in [0.1, 0.15) is 11.6 Å². The van der Waals surface area contributed by atoms with Crippen LogP contribution in [0.15, 0.2) is 12.1 Å². The van der Waals surface area contributed by atoms with Gasteiger partial charge in [-0.05, 0) is 28.5 Å². The molecule has 1 aromatic carbocycles. The van der Waals surface area contributed by atoms with Crippen LogP contribution in [0.4, 0.5) is 8.78 Å². The Bertz CT molecular complexity index is 435. The van der Waals surface area contributed by atoms with E-state index < -0.39 is 11.6 Å². The summed E-state index contributed by atoms with van der Waals surface area (Å²) in [4.78, 5) is 0. The maximum absolute atomic E-state index is 13.9. The monoisotopic (exact) mass is 239 g/mol. The molecule has 0 fully saturated rings. The van der Waals surface area contributed by atoms with E-state index in [2.05, 4.69) is 26.1 Å². The molecule has 0 saturated carbocycles. The standard InChI is InChI=1S/C14H19F2N/c1-8-7-17-13(14(2,3)4)10-5-9(15)6-11(16)12(8)10/h5-6,8,13,17H,7H2,1-4H3. The molecule has 1 nitrogen and oxygen atoms in total. The highest BCUT2D eigenvalue weighted by atomic mass is 19.1. The molecule has 1 N–H and O–H groups in total. The number of hydrogen-bond donors (Lipinski definition) is 1. The molecule has 1 heterocycles. The Balaban J connectivity index is 2.59. The first-order chi connectivity index (χ1) is 7.80. The van der Waals surface area contributed by atoms with E-state index in [0.29, 0.717) is 5.56 Å². The van der Waals surface area contributed by atoms with E-state index in [1.54, 1.807) is 0 Å². The average Bonchev–Trinajstić information content (AvgIpc) is 2.14. The van der Waals surface area contributed by atoms with Gasteiger partial charge in [0.05, 0.1) is 0 Å². The second-order valence-corrected chi connectivity index (χ2v) is 6.00. The molecular weight excluding hydrogens is 220 g/mol. The van der Waals surface area contributed by atoms with Crippen molar-refractivity contribution in [2.24, 2.45) is 5.41 Å². The van der Waals surface area contributed by atoms with E-state index in [9.17, 15) is 8.78 Å². The molecule has 1 aliphatic heterocycles. The smallest absolute Gasteiger partial charge is 0.129 e. The molecule has 0 saturated heterocycles. The first-order valence-electron chi connectivity index (χ1n) is 6.03. The van der Waals surface area contributed by atoms with Crippen molar-refractivity contribution in [2.45, 2.75) is 39.7 Å². The van der Waals surface area contributed by atoms with Gasteiger partial charge in [0.2, 0.25) is 0 Å². The summed E-state index contributed by atoms with van der Waals surface area (Å²) in [6.45, 7) is 8.93. The largest absolute Gasteiger partial charge is 0.309 e. The van der Waals surface area contributed by atoms with E-state index in [4.69, 9.17) is 0 Å². The Morgan fingerprint density at radius 1 is 1.24 bits per heavy atom. The fourth-order valence-electron chi connectivity index (χ4n) is 2.64. The predicted octanol–water partition coefficient (Wildman–Crippen LogP) is 3.76. The van der Waals surface area contributed by atoms with Gasteiger partial charge in [0, 0.05) is 18.7 Å². The lowest BCUT2D eigenvalue weighted by atomic mass is 9.76. The van der Waals surface area contributed by atoms with Crippen molar-refractivity contribution >= 4 is 0 Å². The van der Waals surface area contributed by atoms with E-state index in [-0.39, 0.29) is 17.4 Å². The van der Waals surface area contributed by atoms with Gasteiger partial charge in [-0.15, -0.1) is 0 Å². The quantitative estimate of drug-likeness (QED) is 0.727. The number of rotatable bonds is 0. The Labute approximate surface area is 101 Å². The first-order valence-corrected chi connectivity index (χ1v) is 6.03. The number of halogens is 2. The number of hydrogen-bond acceptors (Lipinski definition) is 1. The number of benzene rings is 1. The highest BCUT2D eigenvalue weighted by Gasteiger charge is 2.34. The van der Waals surface area contributed by atoms with Crippen molar-refractivity contribution in [1.82, 2.24) is 5.32 Å². The average molecular weight is 239 g/mol. The summed E-state index contributed by atoms with van der Waals surface area (Å²) in [7, 11) is 0. The van der Waals surface area contributed by atoms with Crippen LogP contribution in [0, 0.1) is 17.0 Å². The van der Waals surface area contributed by atoms with Crippen molar-refractivity contribution in [2.75, 3.05) is 6.54 Å². The summed E-state index contributed by atoms with van der Waals surface area (Å²) in [5.41, 5.74) is 1.38. The normalized spacial score (nSPS) is 24.6. The lowest BCUT2D eigenvalue weighted by molar-refractivity contribution is 0.252. The summed E-state index contributed by atoms with van der Waals surface area (Å²) in [6.07, 6.45) is 0. The minimum absolute atomic E-state index is 0.00102. The van der Waals surface area contributed by atoms with Crippen LogP contribution in [0.1, 0.15) is 50.8 Å². The lowest BCUT2D eigenvalue weighted by Gasteiger charge is -2.39. The minimum Gasteiger partial charge on any atom is -0.309 e. The van der Waals surface area contributed by atoms with Crippen molar-refractivity contribution in [3.8, 4) is 0 Å². The molecule has 17 heavy (non-hydrogen) atoms. The summed E-state index contributed by atoms with van der Waals surface area (Å²) in [5, 5.41) is 3.39. The van der Waals surface area contributed by atoms with Gasteiger partial charge in [-0.2, -0.15) is 0 Å². The van der Waals surface area contributed by atoms with E-state index in [1.165, 1.54) is 6.07 Å². The molecule has 0 spiro atoms. The van der Waals surface area contributed by atoms with Gasteiger partial charge in [-0.1, -0.05) is 27.7 Å². The van der Waals surface area contributed by atoms with Crippen LogP contribution in [-0.2, 0) is 0 Å². The van der Waals surface area contributed by atoms with Crippen LogP contribution in [0.25, 0.3) is 0 Å². The SMILES string of the molecule is CC1CNC(C(C)(C)C)c2cc(F)cc(F)c21. The molecule has 0 aromatic heterocycles. The zero-order valence-electron chi connectivity index (χ0n) is 10.8. The predicted molar refractivity (Wildman–Crippen MR) is 65.0 cm³/mol. The van der Waals surface area contributed by atoms with Crippen LogP contribution in [-0.4, -0.2) is 6.54 Å². The van der Waals surface area contributed by atoms with Crippen molar-refractivity contribution < 1.29 is 8.78 Å². The molecule has 2 rings (SSSR count). The van der Waals surface area contributed by atoms with Gasteiger partial charge < -0.3 is 5.32 Å². The maximum atomic E-state index is 13.9. The Hall–Kier alpha value is -0.960. The molecule has 2 atom stereocenters. The molecule has 3 heteroatoms. The maximum Gasteiger partial charge on any atom is 0.129 e.